The molecule has 0 aromatic heterocycles. The van der Waals surface area contributed by atoms with E-state index in [0.29, 0.717) is 5.92 Å². The van der Waals surface area contributed by atoms with E-state index in [9.17, 15) is 4.79 Å². The lowest BCUT2D eigenvalue weighted by Crippen LogP contribution is -2.28. The zero-order valence-electron chi connectivity index (χ0n) is 8.66. The Kier molecular flexibility index (Phi) is 4.77. The summed E-state index contributed by atoms with van der Waals surface area (Å²) in [6.45, 7) is 7.76. The summed E-state index contributed by atoms with van der Waals surface area (Å²) in [4.78, 5) is 14.0. The molecule has 13 heavy (non-hydrogen) atoms. The fourth-order valence-corrected chi connectivity index (χ4v) is 0.932. The van der Waals surface area contributed by atoms with E-state index in [1.807, 2.05) is 0 Å². The van der Waals surface area contributed by atoms with Crippen LogP contribution < -0.4 is 0 Å². The molecule has 1 N–H and O–H groups in total. The molecule has 0 spiro atoms. The van der Waals surface area contributed by atoms with E-state index >= 15 is 0 Å². The second-order valence-electron chi connectivity index (χ2n) is 4.14. The van der Waals surface area contributed by atoms with E-state index in [1.54, 1.807) is 13.8 Å². The van der Waals surface area contributed by atoms with Gasteiger partial charge in [-0.2, -0.15) is 5.26 Å². The fraction of sp³-hybridized carbons (Fsp3) is 0.889. The first-order valence-corrected chi connectivity index (χ1v) is 4.42. The van der Waals surface area contributed by atoms with E-state index in [1.165, 1.54) is 0 Å². The van der Waals surface area contributed by atoms with Gasteiger partial charge in [-0.3, -0.25) is 4.89 Å². The molecule has 0 bridgehead atoms. The third-order valence-corrected chi connectivity index (χ3v) is 1.76. The smallest absolute Gasteiger partial charge is 0.426 e. The average molecular weight is 190 g/mol. The molecule has 0 atom stereocenters. The van der Waals surface area contributed by atoms with E-state index in [4.69, 9.17) is 9.99 Å². The first-order valence-electron chi connectivity index (χ1n) is 4.42. The van der Waals surface area contributed by atoms with Crippen molar-refractivity contribution >= 4 is 6.16 Å². The molecule has 0 aromatic rings. The van der Waals surface area contributed by atoms with E-state index in [0.717, 1.165) is 12.8 Å². The molecule has 0 heterocycles. The summed E-state index contributed by atoms with van der Waals surface area (Å²) in [7, 11) is 0. The van der Waals surface area contributed by atoms with Crippen molar-refractivity contribution in [3.05, 3.63) is 0 Å². The highest BCUT2D eigenvalue weighted by molar-refractivity contribution is 5.59. The van der Waals surface area contributed by atoms with Gasteiger partial charge in [0.15, 0.2) is 0 Å². The second kappa shape index (κ2) is 5.07. The zero-order valence-corrected chi connectivity index (χ0v) is 8.66. The van der Waals surface area contributed by atoms with Gasteiger partial charge in [0.05, 0.1) is 0 Å². The van der Waals surface area contributed by atoms with Crippen molar-refractivity contribution in [3.63, 3.8) is 0 Å². The Morgan fingerprint density at radius 3 is 2.38 bits per heavy atom. The van der Waals surface area contributed by atoms with Crippen molar-refractivity contribution in [2.45, 2.75) is 46.1 Å². The summed E-state index contributed by atoms with van der Waals surface area (Å²) in [5.74, 6) is 0.563. The van der Waals surface area contributed by atoms with Crippen molar-refractivity contribution in [1.82, 2.24) is 0 Å². The minimum absolute atomic E-state index is 0.563. The second-order valence-corrected chi connectivity index (χ2v) is 4.14. The fourth-order valence-electron chi connectivity index (χ4n) is 0.932. The minimum Gasteiger partial charge on any atom is -0.426 e. The number of rotatable bonds is 4. The van der Waals surface area contributed by atoms with Crippen LogP contribution in [0, 0.1) is 5.92 Å². The molecular weight excluding hydrogens is 172 g/mol. The van der Waals surface area contributed by atoms with Gasteiger partial charge in [-0.15, -0.1) is 0 Å². The molecule has 0 aliphatic rings. The molecule has 78 valence electrons. The molecule has 4 nitrogen and oxygen atoms in total. The topological polar surface area (TPSA) is 55.8 Å². The highest BCUT2D eigenvalue weighted by Crippen LogP contribution is 2.20. The number of hydrogen-bond acceptors (Lipinski definition) is 4. The van der Waals surface area contributed by atoms with Crippen LogP contribution in [0.3, 0.4) is 0 Å². The van der Waals surface area contributed by atoms with Gasteiger partial charge < -0.3 is 4.74 Å². The Balaban J connectivity index is 3.86. The summed E-state index contributed by atoms with van der Waals surface area (Å²) >= 11 is 0. The number of ether oxygens (including phenoxy) is 1. The molecule has 0 saturated carbocycles. The normalized spacial score (nSPS) is 11.5. The van der Waals surface area contributed by atoms with Gasteiger partial charge in [-0.05, 0) is 32.6 Å². The van der Waals surface area contributed by atoms with E-state index in [2.05, 4.69) is 18.7 Å². The first-order chi connectivity index (χ1) is 5.87. The summed E-state index contributed by atoms with van der Waals surface area (Å²) < 4.78 is 4.83. The van der Waals surface area contributed by atoms with Gasteiger partial charge in [0.25, 0.3) is 0 Å². The lowest BCUT2D eigenvalue weighted by molar-refractivity contribution is -0.211. The maximum absolute atomic E-state index is 10.6. The Morgan fingerprint density at radius 2 is 2.00 bits per heavy atom. The number of carbonyl (C=O) groups is 1. The van der Waals surface area contributed by atoms with Gasteiger partial charge in [-0.1, -0.05) is 13.8 Å². The zero-order chi connectivity index (χ0) is 10.5. The van der Waals surface area contributed by atoms with Gasteiger partial charge in [0.1, 0.15) is 5.60 Å². The van der Waals surface area contributed by atoms with Crippen molar-refractivity contribution in [2.75, 3.05) is 0 Å². The molecule has 0 saturated heterocycles. The molecule has 0 aliphatic heterocycles. The van der Waals surface area contributed by atoms with Crippen molar-refractivity contribution in [2.24, 2.45) is 5.92 Å². The van der Waals surface area contributed by atoms with Crippen molar-refractivity contribution in [3.8, 4) is 0 Å². The molecule has 4 heteroatoms. The summed E-state index contributed by atoms with van der Waals surface area (Å²) in [6, 6.07) is 0. The van der Waals surface area contributed by atoms with Crippen LogP contribution in [-0.2, 0) is 9.62 Å². The Bertz CT molecular complexity index is 163. The number of hydrogen-bond donors (Lipinski definition) is 1. The first kappa shape index (κ1) is 12.2. The largest absolute Gasteiger partial charge is 0.540 e. The SMILES string of the molecule is CC(C)CCC(C)(C)OC(=O)OO. The van der Waals surface area contributed by atoms with E-state index < -0.39 is 11.8 Å². The van der Waals surface area contributed by atoms with Gasteiger partial charge in [0, 0.05) is 0 Å². The van der Waals surface area contributed by atoms with Crippen LogP contribution in [0.1, 0.15) is 40.5 Å². The molecule has 0 amide bonds. The quantitative estimate of drug-likeness (QED) is 0.420. The van der Waals surface area contributed by atoms with Gasteiger partial charge in [-0.25, -0.2) is 4.79 Å². The molecule has 0 rings (SSSR count). The predicted molar refractivity (Wildman–Crippen MR) is 48.3 cm³/mol. The van der Waals surface area contributed by atoms with Crippen molar-refractivity contribution in [1.29, 1.82) is 0 Å². The predicted octanol–water partition coefficient (Wildman–Crippen LogP) is 2.83. The highest BCUT2D eigenvalue weighted by Gasteiger charge is 2.23. The maximum Gasteiger partial charge on any atom is 0.540 e. The van der Waals surface area contributed by atoms with Crippen LogP contribution in [0.5, 0.6) is 0 Å². The Hall–Kier alpha value is -0.770. The molecule has 0 fully saturated rings. The molecule has 0 aliphatic carbocycles. The lowest BCUT2D eigenvalue weighted by Gasteiger charge is -2.24. The third-order valence-electron chi connectivity index (χ3n) is 1.76. The molecule has 0 unspecified atom stereocenters. The Labute approximate surface area is 78.8 Å². The summed E-state index contributed by atoms with van der Waals surface area (Å²) in [5.41, 5.74) is -0.579. The van der Waals surface area contributed by atoms with Gasteiger partial charge in [0.2, 0.25) is 0 Å². The Morgan fingerprint density at radius 1 is 1.46 bits per heavy atom. The maximum atomic E-state index is 10.6. The minimum atomic E-state index is -1.05. The molecule has 0 aromatic carbocycles. The lowest BCUT2D eigenvalue weighted by atomic mass is 9.97. The van der Waals surface area contributed by atoms with Crippen LogP contribution in [0.2, 0.25) is 0 Å². The van der Waals surface area contributed by atoms with Crippen molar-refractivity contribution < 1.29 is 19.7 Å². The third kappa shape index (κ3) is 6.40. The number of carbonyl (C=O) groups excluding carboxylic acids is 1. The average Bonchev–Trinajstić information content (AvgIpc) is 2.00. The van der Waals surface area contributed by atoms with E-state index in [-0.39, 0.29) is 0 Å². The standard InChI is InChI=1S/C9H18O4/c1-7(2)5-6-9(3,4)12-8(10)13-11/h7,11H,5-6H2,1-4H3. The van der Waals surface area contributed by atoms with Crippen LogP contribution >= 0.6 is 0 Å². The summed E-state index contributed by atoms with van der Waals surface area (Å²) in [5, 5.41) is 8.00. The summed E-state index contributed by atoms with van der Waals surface area (Å²) in [6.07, 6.45) is 0.666. The van der Waals surface area contributed by atoms with Crippen LogP contribution in [0.25, 0.3) is 0 Å². The molecular formula is C9H18O4. The monoisotopic (exact) mass is 190 g/mol. The van der Waals surface area contributed by atoms with Crippen LogP contribution in [0.4, 0.5) is 4.79 Å². The van der Waals surface area contributed by atoms with Crippen LogP contribution in [-0.4, -0.2) is 17.0 Å². The molecule has 0 radical (unpaired) electrons. The van der Waals surface area contributed by atoms with Gasteiger partial charge >= 0.3 is 6.16 Å². The highest BCUT2D eigenvalue weighted by atomic mass is 17.1. The van der Waals surface area contributed by atoms with Crippen LogP contribution in [0.15, 0.2) is 0 Å².